The van der Waals surface area contributed by atoms with Crippen molar-refractivity contribution in [3.63, 3.8) is 0 Å². The van der Waals surface area contributed by atoms with Gasteiger partial charge in [-0.25, -0.2) is 0 Å². The molecule has 4 heteroatoms. The highest BCUT2D eigenvalue weighted by molar-refractivity contribution is 5.59. The fourth-order valence-electron chi connectivity index (χ4n) is 0.712. The zero-order valence-corrected chi connectivity index (χ0v) is 8.31. The highest BCUT2D eigenvalue weighted by Crippen LogP contribution is 2.13. The van der Waals surface area contributed by atoms with E-state index in [9.17, 15) is 0 Å². The predicted molar refractivity (Wildman–Crippen MR) is 56.3 cm³/mol. The van der Waals surface area contributed by atoms with Crippen molar-refractivity contribution in [2.24, 2.45) is 5.73 Å². The Labute approximate surface area is 83.3 Å². The molecule has 4 nitrogen and oxygen atoms in total. The van der Waals surface area contributed by atoms with E-state index in [2.05, 4.69) is 0 Å². The number of aliphatic hydroxyl groups is 2. The largest absolute Gasteiger partial charge is 0.457 e. The number of benzene rings is 1. The van der Waals surface area contributed by atoms with Gasteiger partial charge >= 0.3 is 0 Å². The van der Waals surface area contributed by atoms with Crippen molar-refractivity contribution in [1.82, 2.24) is 0 Å². The minimum absolute atomic E-state index is 0.125. The van der Waals surface area contributed by atoms with Gasteiger partial charge in [-0.1, -0.05) is 6.92 Å². The SMILES string of the molecule is CCN.OCCO.c1cc2ccc1o2. The summed E-state index contributed by atoms with van der Waals surface area (Å²) < 4.78 is 5.08. The molecule has 2 rings (SSSR count). The molecule has 0 aliphatic rings. The van der Waals surface area contributed by atoms with Gasteiger partial charge in [0, 0.05) is 0 Å². The summed E-state index contributed by atoms with van der Waals surface area (Å²) in [5.41, 5.74) is 6.78. The summed E-state index contributed by atoms with van der Waals surface area (Å²) in [6.45, 7) is 2.40. The van der Waals surface area contributed by atoms with Gasteiger partial charge in [-0.05, 0) is 30.8 Å². The summed E-state index contributed by atoms with van der Waals surface area (Å²) in [6, 6.07) is 7.81. The number of aliphatic hydroxyl groups excluding tert-OH is 2. The van der Waals surface area contributed by atoms with Gasteiger partial charge < -0.3 is 20.4 Å². The molecule has 2 aromatic rings. The van der Waals surface area contributed by atoms with Crippen LogP contribution >= 0.6 is 0 Å². The number of hydrogen-bond donors (Lipinski definition) is 3. The molecule has 14 heavy (non-hydrogen) atoms. The van der Waals surface area contributed by atoms with Crippen LogP contribution in [0, 0.1) is 0 Å². The zero-order valence-electron chi connectivity index (χ0n) is 8.31. The van der Waals surface area contributed by atoms with Gasteiger partial charge in [0.1, 0.15) is 11.2 Å². The Hall–Kier alpha value is -1.10. The topological polar surface area (TPSA) is 79.6 Å². The highest BCUT2D eigenvalue weighted by Gasteiger charge is 1.91. The van der Waals surface area contributed by atoms with E-state index in [1.807, 2.05) is 31.2 Å². The molecular formula is C10H17NO3. The Morgan fingerprint density at radius 3 is 1.43 bits per heavy atom. The number of rotatable bonds is 1. The van der Waals surface area contributed by atoms with Gasteiger partial charge in [0.2, 0.25) is 0 Å². The van der Waals surface area contributed by atoms with Crippen LogP contribution in [0.25, 0.3) is 11.2 Å². The lowest BCUT2D eigenvalue weighted by Crippen LogP contribution is -1.87. The van der Waals surface area contributed by atoms with E-state index in [-0.39, 0.29) is 13.2 Å². The third-order valence-electron chi connectivity index (χ3n) is 1.16. The standard InChI is InChI=1S/C6H4O.C2H7N.C2H6O2/c1-2-6-4-3-5(1)7-6;1-2-3;3-1-2-4/h1-4H;2-3H2,1H3;3-4H,1-2H2. The van der Waals surface area contributed by atoms with E-state index in [1.165, 1.54) is 0 Å². The maximum Gasteiger partial charge on any atom is 0.127 e. The Morgan fingerprint density at radius 2 is 1.36 bits per heavy atom. The first kappa shape index (κ1) is 12.9. The van der Waals surface area contributed by atoms with Crippen LogP contribution in [0.4, 0.5) is 0 Å². The van der Waals surface area contributed by atoms with E-state index in [0.29, 0.717) is 0 Å². The Morgan fingerprint density at radius 1 is 1.07 bits per heavy atom. The van der Waals surface area contributed by atoms with Crippen molar-refractivity contribution in [3.8, 4) is 0 Å². The second kappa shape index (κ2) is 8.50. The molecule has 0 saturated carbocycles. The molecule has 0 aromatic carbocycles. The number of fused-ring (bicyclic) bond motifs is 2. The molecule has 80 valence electrons. The summed E-state index contributed by atoms with van der Waals surface area (Å²) in [6.07, 6.45) is 0. The fourth-order valence-corrected chi connectivity index (χ4v) is 0.712. The van der Waals surface area contributed by atoms with E-state index in [0.717, 1.165) is 17.7 Å². The van der Waals surface area contributed by atoms with Crippen LogP contribution in [0.1, 0.15) is 6.92 Å². The van der Waals surface area contributed by atoms with Crippen molar-refractivity contribution in [1.29, 1.82) is 0 Å². The Kier molecular flexibility index (Phi) is 7.83. The van der Waals surface area contributed by atoms with Crippen LogP contribution in [0.2, 0.25) is 0 Å². The van der Waals surface area contributed by atoms with Gasteiger partial charge in [0.05, 0.1) is 13.2 Å². The smallest absolute Gasteiger partial charge is 0.127 e. The maximum absolute atomic E-state index is 7.62. The molecule has 0 saturated heterocycles. The van der Waals surface area contributed by atoms with Gasteiger partial charge in [0.15, 0.2) is 0 Å². The molecule has 0 spiro atoms. The average Bonchev–Trinajstić information content (AvgIpc) is 2.83. The molecule has 0 fully saturated rings. The summed E-state index contributed by atoms with van der Waals surface area (Å²) >= 11 is 0. The van der Waals surface area contributed by atoms with Gasteiger partial charge in [-0.15, -0.1) is 0 Å². The lowest BCUT2D eigenvalue weighted by Gasteiger charge is -1.70. The van der Waals surface area contributed by atoms with Crippen molar-refractivity contribution >= 4 is 11.2 Å². The summed E-state index contributed by atoms with van der Waals surface area (Å²) in [5, 5.41) is 15.2. The minimum Gasteiger partial charge on any atom is -0.457 e. The van der Waals surface area contributed by atoms with Crippen molar-refractivity contribution in [2.75, 3.05) is 19.8 Å². The van der Waals surface area contributed by atoms with E-state index >= 15 is 0 Å². The first-order valence-electron chi connectivity index (χ1n) is 4.48. The monoisotopic (exact) mass is 199 g/mol. The normalized spacial score (nSPS) is 8.86. The Balaban J connectivity index is 0.000000211. The summed E-state index contributed by atoms with van der Waals surface area (Å²) in [4.78, 5) is 0. The van der Waals surface area contributed by atoms with Crippen LogP contribution in [-0.4, -0.2) is 30.0 Å². The van der Waals surface area contributed by atoms with E-state index < -0.39 is 0 Å². The molecule has 0 radical (unpaired) electrons. The van der Waals surface area contributed by atoms with E-state index in [4.69, 9.17) is 20.4 Å². The van der Waals surface area contributed by atoms with Gasteiger partial charge in [-0.3, -0.25) is 0 Å². The van der Waals surface area contributed by atoms with E-state index in [1.54, 1.807) is 0 Å². The van der Waals surface area contributed by atoms with Crippen molar-refractivity contribution in [3.05, 3.63) is 24.3 Å². The zero-order chi connectivity index (χ0) is 10.8. The molecule has 2 heterocycles. The first-order valence-corrected chi connectivity index (χ1v) is 4.48. The lowest BCUT2D eigenvalue weighted by atomic mass is 10.4. The average molecular weight is 199 g/mol. The highest BCUT2D eigenvalue weighted by atomic mass is 16.3. The minimum atomic E-state index is -0.125. The second-order valence-corrected chi connectivity index (χ2v) is 2.43. The molecule has 0 aliphatic carbocycles. The molecule has 0 aliphatic heterocycles. The molecule has 0 unspecified atom stereocenters. The third-order valence-corrected chi connectivity index (χ3v) is 1.16. The number of furan rings is 2. The predicted octanol–water partition coefficient (Wildman–Crippen LogP) is 0.807. The molecule has 0 amide bonds. The van der Waals surface area contributed by atoms with Crippen molar-refractivity contribution < 1.29 is 14.6 Å². The summed E-state index contributed by atoms with van der Waals surface area (Å²) in [7, 11) is 0. The van der Waals surface area contributed by atoms with Gasteiger partial charge in [0.25, 0.3) is 0 Å². The molecule has 2 bridgehead atoms. The molecular weight excluding hydrogens is 182 g/mol. The fraction of sp³-hybridized carbons (Fsp3) is 0.400. The van der Waals surface area contributed by atoms with Crippen LogP contribution in [0.15, 0.2) is 28.7 Å². The first-order chi connectivity index (χ1) is 6.78. The number of nitrogens with two attached hydrogens (primary N) is 1. The van der Waals surface area contributed by atoms with Crippen LogP contribution in [0.3, 0.4) is 0 Å². The number of hydrogen-bond acceptors (Lipinski definition) is 4. The Bertz CT molecular complexity index is 248. The van der Waals surface area contributed by atoms with Crippen LogP contribution in [0.5, 0.6) is 0 Å². The quantitative estimate of drug-likeness (QED) is 0.635. The third kappa shape index (κ3) is 5.53. The van der Waals surface area contributed by atoms with Crippen molar-refractivity contribution in [2.45, 2.75) is 6.92 Å². The molecule has 0 atom stereocenters. The van der Waals surface area contributed by atoms with Crippen LogP contribution < -0.4 is 5.73 Å². The molecule has 2 aromatic heterocycles. The summed E-state index contributed by atoms with van der Waals surface area (Å²) in [5.74, 6) is 0. The second-order valence-electron chi connectivity index (χ2n) is 2.43. The van der Waals surface area contributed by atoms with Gasteiger partial charge in [-0.2, -0.15) is 0 Å². The molecule has 4 N–H and O–H groups in total. The lowest BCUT2D eigenvalue weighted by molar-refractivity contribution is 0.186. The maximum atomic E-state index is 7.62. The van der Waals surface area contributed by atoms with Crippen LogP contribution in [-0.2, 0) is 0 Å².